The largest absolute Gasteiger partial charge is 0.363 e. The van der Waals surface area contributed by atoms with Gasteiger partial charge < -0.3 is 5.32 Å². The van der Waals surface area contributed by atoms with Crippen molar-refractivity contribution >= 4 is 17.2 Å². The van der Waals surface area contributed by atoms with Crippen LogP contribution in [0.1, 0.15) is 74.8 Å². The molecule has 1 aliphatic heterocycles. The van der Waals surface area contributed by atoms with Crippen LogP contribution < -0.4 is 5.32 Å². The second-order valence-corrected chi connectivity index (χ2v) is 10.9. The first kappa shape index (κ1) is 22.8. The number of anilines is 1. The molecule has 0 saturated carbocycles. The van der Waals surface area contributed by atoms with Crippen LogP contribution in [0.15, 0.2) is 60.7 Å². The van der Waals surface area contributed by atoms with E-state index in [1.54, 1.807) is 11.3 Å². The normalized spacial score (nSPS) is 17.3. The molecular weight excluding hydrogens is 438 g/mol. The summed E-state index contributed by atoms with van der Waals surface area (Å²) < 4.78 is 2.16. The van der Waals surface area contributed by atoms with Gasteiger partial charge in [0.2, 0.25) is 0 Å². The molecule has 0 fully saturated rings. The van der Waals surface area contributed by atoms with Gasteiger partial charge in [0.25, 0.3) is 0 Å². The first-order valence-corrected chi connectivity index (χ1v) is 13.0. The maximum atomic E-state index is 4.97. The Bertz CT molecular complexity index is 1270. The fourth-order valence-electron chi connectivity index (χ4n) is 5.40. The van der Waals surface area contributed by atoms with Gasteiger partial charge in [-0.05, 0) is 51.2 Å². The highest BCUT2D eigenvalue weighted by atomic mass is 32.1. The van der Waals surface area contributed by atoms with E-state index in [0.717, 1.165) is 46.4 Å². The lowest BCUT2D eigenvalue weighted by atomic mass is 9.76. The molecule has 2 aromatic heterocycles. The first-order chi connectivity index (χ1) is 16.4. The highest BCUT2D eigenvalue weighted by Gasteiger charge is 2.39. The summed E-state index contributed by atoms with van der Waals surface area (Å²) in [6.45, 7) is 11.1. The van der Waals surface area contributed by atoms with Gasteiger partial charge >= 0.3 is 0 Å². The van der Waals surface area contributed by atoms with E-state index in [0.29, 0.717) is 0 Å². The second kappa shape index (κ2) is 8.66. The molecule has 176 valence electrons. The van der Waals surface area contributed by atoms with Gasteiger partial charge in [-0.15, -0.1) is 10.2 Å². The van der Waals surface area contributed by atoms with E-state index in [1.165, 1.54) is 11.1 Å². The molecule has 1 N–H and O–H groups in total. The maximum absolute atomic E-state index is 4.97. The number of aryl methyl sites for hydroxylation is 1. The minimum absolute atomic E-state index is 0.113. The number of hydrogen-bond acceptors (Lipinski definition) is 5. The van der Waals surface area contributed by atoms with Gasteiger partial charge in [0.05, 0.1) is 22.8 Å². The Kier molecular flexibility index (Phi) is 5.80. The van der Waals surface area contributed by atoms with Gasteiger partial charge in [0, 0.05) is 5.41 Å². The topological polar surface area (TPSA) is 55.6 Å². The number of rotatable bonds is 6. The zero-order chi connectivity index (χ0) is 23.9. The predicted molar refractivity (Wildman–Crippen MR) is 140 cm³/mol. The minimum Gasteiger partial charge on any atom is -0.363 e. The minimum atomic E-state index is -0.127. The average Bonchev–Trinajstić information content (AvgIpc) is 3.46. The Balaban J connectivity index is 1.59. The van der Waals surface area contributed by atoms with Gasteiger partial charge in [0.1, 0.15) is 10.8 Å². The molecule has 5 nitrogen and oxygen atoms in total. The van der Waals surface area contributed by atoms with Crippen molar-refractivity contribution in [3.63, 3.8) is 0 Å². The Morgan fingerprint density at radius 3 is 2.29 bits per heavy atom. The summed E-state index contributed by atoms with van der Waals surface area (Å²) in [5.41, 5.74) is 4.43. The van der Waals surface area contributed by atoms with Gasteiger partial charge in [-0.1, -0.05) is 85.8 Å². The molecule has 3 heterocycles. The van der Waals surface area contributed by atoms with Crippen molar-refractivity contribution in [2.75, 3.05) is 5.32 Å². The Morgan fingerprint density at radius 1 is 1.00 bits per heavy atom. The third-order valence-corrected chi connectivity index (χ3v) is 8.58. The summed E-state index contributed by atoms with van der Waals surface area (Å²) in [5, 5.41) is 20.3. The van der Waals surface area contributed by atoms with Crippen LogP contribution in [0.25, 0.3) is 10.6 Å². The molecule has 5 rings (SSSR count). The van der Waals surface area contributed by atoms with E-state index in [2.05, 4.69) is 105 Å². The van der Waals surface area contributed by atoms with Crippen LogP contribution in [0.3, 0.4) is 0 Å². The van der Waals surface area contributed by atoms with E-state index < -0.39 is 0 Å². The second-order valence-electron chi connectivity index (χ2n) is 9.91. The maximum Gasteiger partial charge on any atom is 0.153 e. The van der Waals surface area contributed by atoms with E-state index in [9.17, 15) is 0 Å². The van der Waals surface area contributed by atoms with Crippen LogP contribution in [0.2, 0.25) is 0 Å². The number of hydrogen-bond donors (Lipinski definition) is 1. The van der Waals surface area contributed by atoms with Crippen LogP contribution in [-0.2, 0) is 11.0 Å². The number of nitrogens with one attached hydrogen (secondary N) is 1. The predicted octanol–water partition coefficient (Wildman–Crippen LogP) is 7.11. The summed E-state index contributed by atoms with van der Waals surface area (Å²) >= 11 is 1.71. The summed E-state index contributed by atoms with van der Waals surface area (Å²) in [6, 6.07) is 21.7. The highest BCUT2D eigenvalue weighted by Crippen LogP contribution is 2.47. The molecule has 0 radical (unpaired) electrons. The molecule has 1 aliphatic rings. The quantitative estimate of drug-likeness (QED) is 0.326. The molecule has 0 saturated heterocycles. The van der Waals surface area contributed by atoms with Crippen molar-refractivity contribution in [3.05, 3.63) is 82.5 Å². The van der Waals surface area contributed by atoms with Crippen molar-refractivity contribution in [3.8, 4) is 10.6 Å². The van der Waals surface area contributed by atoms with E-state index in [4.69, 9.17) is 15.3 Å². The number of nitrogens with zero attached hydrogens (tertiary/aromatic N) is 4. The van der Waals surface area contributed by atoms with E-state index >= 15 is 0 Å². The molecule has 0 amide bonds. The van der Waals surface area contributed by atoms with Crippen LogP contribution in [0.4, 0.5) is 5.82 Å². The SMILES string of the molecule is CCC(CC)(c1ccccc1)c1nnc(-c2c(C)nn3c2NC(c2ccccc2)CC3(C)C)s1. The molecule has 0 aliphatic carbocycles. The molecule has 34 heavy (non-hydrogen) atoms. The molecule has 6 heteroatoms. The summed E-state index contributed by atoms with van der Waals surface area (Å²) in [4.78, 5) is 0. The monoisotopic (exact) mass is 471 g/mol. The first-order valence-electron chi connectivity index (χ1n) is 12.2. The van der Waals surface area contributed by atoms with Crippen molar-refractivity contribution in [1.82, 2.24) is 20.0 Å². The van der Waals surface area contributed by atoms with Gasteiger partial charge in [-0.25, -0.2) is 4.68 Å². The van der Waals surface area contributed by atoms with E-state index in [1.807, 2.05) is 0 Å². The zero-order valence-electron chi connectivity index (χ0n) is 20.7. The molecule has 0 spiro atoms. The summed E-state index contributed by atoms with van der Waals surface area (Å²) in [7, 11) is 0. The smallest absolute Gasteiger partial charge is 0.153 e. The lowest BCUT2D eigenvalue weighted by Crippen LogP contribution is -2.37. The zero-order valence-corrected chi connectivity index (χ0v) is 21.5. The molecule has 0 bridgehead atoms. The number of fused-ring (bicyclic) bond motifs is 1. The molecule has 2 aromatic carbocycles. The summed E-state index contributed by atoms with van der Waals surface area (Å²) in [5.74, 6) is 1.05. The van der Waals surface area contributed by atoms with Crippen molar-refractivity contribution < 1.29 is 0 Å². The van der Waals surface area contributed by atoms with Crippen LogP contribution >= 0.6 is 11.3 Å². The van der Waals surface area contributed by atoms with Crippen LogP contribution in [0.5, 0.6) is 0 Å². The van der Waals surface area contributed by atoms with Gasteiger partial charge in [-0.2, -0.15) is 5.10 Å². The van der Waals surface area contributed by atoms with Crippen molar-refractivity contribution in [2.45, 2.75) is 70.9 Å². The number of aromatic nitrogens is 4. The third kappa shape index (κ3) is 3.65. The fraction of sp³-hybridized carbons (Fsp3) is 0.393. The van der Waals surface area contributed by atoms with Crippen molar-refractivity contribution in [1.29, 1.82) is 0 Å². The van der Waals surface area contributed by atoms with Crippen LogP contribution in [0, 0.1) is 6.92 Å². The number of benzene rings is 2. The fourth-order valence-corrected chi connectivity index (χ4v) is 6.70. The lowest BCUT2D eigenvalue weighted by Gasteiger charge is -2.38. The standard InChI is InChI=1S/C28H33N5S/c1-6-28(7-2,21-16-12-9-13-17-21)26-31-30-25(34-26)23-19(3)32-33-24(23)29-22(18-27(33,4)5)20-14-10-8-11-15-20/h8-17,22,29H,6-7,18H2,1-5H3. The summed E-state index contributed by atoms with van der Waals surface area (Å²) in [6.07, 6.45) is 2.93. The van der Waals surface area contributed by atoms with Crippen molar-refractivity contribution in [2.24, 2.45) is 0 Å². The van der Waals surface area contributed by atoms with Crippen LogP contribution in [-0.4, -0.2) is 20.0 Å². The molecule has 4 aromatic rings. The highest BCUT2D eigenvalue weighted by molar-refractivity contribution is 7.15. The Morgan fingerprint density at radius 2 is 1.65 bits per heavy atom. The lowest BCUT2D eigenvalue weighted by molar-refractivity contribution is 0.263. The average molecular weight is 472 g/mol. The third-order valence-electron chi connectivity index (χ3n) is 7.43. The molecule has 1 atom stereocenters. The Hall–Kier alpha value is -2.99. The molecular formula is C28H33N5S. The van der Waals surface area contributed by atoms with Gasteiger partial charge in [-0.3, -0.25) is 0 Å². The van der Waals surface area contributed by atoms with Gasteiger partial charge in [0.15, 0.2) is 5.01 Å². The molecule has 1 unspecified atom stereocenters. The van der Waals surface area contributed by atoms with E-state index in [-0.39, 0.29) is 17.0 Å². The Labute approximate surface area is 206 Å².